The van der Waals surface area contributed by atoms with Gasteiger partial charge >= 0.3 is 5.97 Å². The summed E-state index contributed by atoms with van der Waals surface area (Å²) in [6, 6.07) is 26.3. The zero-order chi connectivity index (χ0) is 26.2. The average Bonchev–Trinajstić information content (AvgIpc) is 2.90. The van der Waals surface area contributed by atoms with Crippen LogP contribution in [-0.4, -0.2) is 24.0 Å². The Bertz CT molecular complexity index is 1490. The maximum atomic E-state index is 12.6. The third-order valence-electron chi connectivity index (χ3n) is 5.06. The number of hydrazone groups is 1. The summed E-state index contributed by atoms with van der Waals surface area (Å²) in [4.78, 5) is 37.5. The van der Waals surface area contributed by atoms with Crippen molar-refractivity contribution in [1.29, 1.82) is 0 Å². The molecule has 7 nitrogen and oxygen atoms in total. The van der Waals surface area contributed by atoms with Gasteiger partial charge in [-0.15, -0.1) is 0 Å². The van der Waals surface area contributed by atoms with Crippen molar-refractivity contribution in [2.75, 3.05) is 5.32 Å². The van der Waals surface area contributed by atoms with Crippen LogP contribution in [0, 0.1) is 0 Å². The van der Waals surface area contributed by atoms with E-state index in [1.165, 1.54) is 30.5 Å². The lowest BCUT2D eigenvalue weighted by Crippen LogP contribution is -2.18. The lowest BCUT2D eigenvalue weighted by molar-refractivity contribution is 0.0734. The van der Waals surface area contributed by atoms with Gasteiger partial charge in [-0.2, -0.15) is 5.10 Å². The molecule has 9 heteroatoms. The minimum absolute atomic E-state index is 0.158. The van der Waals surface area contributed by atoms with Gasteiger partial charge in [-0.25, -0.2) is 10.2 Å². The Balaban J connectivity index is 1.41. The van der Waals surface area contributed by atoms with Crippen LogP contribution >= 0.6 is 23.2 Å². The number of rotatable bonds is 7. The summed E-state index contributed by atoms with van der Waals surface area (Å²) >= 11 is 12.0. The van der Waals surface area contributed by atoms with Crippen LogP contribution in [0.3, 0.4) is 0 Å². The number of esters is 1. The molecule has 0 bridgehead atoms. The van der Waals surface area contributed by atoms with Gasteiger partial charge in [0, 0.05) is 27.4 Å². The van der Waals surface area contributed by atoms with Gasteiger partial charge in [-0.05, 0) is 60.7 Å². The molecule has 2 N–H and O–H groups in total. The standard InChI is InChI=1S/C28H19Cl2N3O4/c29-21-13-14-23(24(30)16-21)28(36)37-25-12-5-4-9-20(25)17-31-33-27(35)19-10-6-11-22(15-19)32-26(34)18-7-2-1-3-8-18/h1-17H,(H,32,34)(H,33,35). The van der Waals surface area contributed by atoms with E-state index in [0.717, 1.165) is 0 Å². The average molecular weight is 532 g/mol. The summed E-state index contributed by atoms with van der Waals surface area (Å²) in [6.07, 6.45) is 1.35. The number of carbonyl (C=O) groups excluding carboxylic acids is 3. The molecule has 0 aliphatic rings. The van der Waals surface area contributed by atoms with Gasteiger partial charge in [0.2, 0.25) is 0 Å². The van der Waals surface area contributed by atoms with Crippen molar-refractivity contribution < 1.29 is 19.1 Å². The number of nitrogens with zero attached hydrogens (tertiary/aromatic N) is 1. The first kappa shape index (κ1) is 25.6. The van der Waals surface area contributed by atoms with Crippen LogP contribution in [0.15, 0.2) is 102 Å². The summed E-state index contributed by atoms with van der Waals surface area (Å²) in [7, 11) is 0. The molecular weight excluding hydrogens is 513 g/mol. The molecule has 0 aliphatic carbocycles. The Morgan fingerprint density at radius 1 is 0.757 bits per heavy atom. The van der Waals surface area contributed by atoms with Crippen LogP contribution in [0.1, 0.15) is 36.6 Å². The van der Waals surface area contributed by atoms with Crippen LogP contribution < -0.4 is 15.5 Å². The summed E-state index contributed by atoms with van der Waals surface area (Å²) in [5.74, 6) is -1.22. The van der Waals surface area contributed by atoms with Gasteiger partial charge in [0.05, 0.1) is 16.8 Å². The van der Waals surface area contributed by atoms with E-state index < -0.39 is 11.9 Å². The molecule has 37 heavy (non-hydrogen) atoms. The second-order valence-electron chi connectivity index (χ2n) is 7.65. The Kier molecular flexibility index (Phi) is 8.30. The number of benzene rings is 4. The minimum atomic E-state index is -0.666. The monoisotopic (exact) mass is 531 g/mol. The molecule has 0 aromatic heterocycles. The molecule has 0 saturated heterocycles. The molecule has 0 spiro atoms. The number of anilines is 1. The maximum absolute atomic E-state index is 12.6. The lowest BCUT2D eigenvalue weighted by Gasteiger charge is -2.09. The van der Waals surface area contributed by atoms with Crippen molar-refractivity contribution in [3.05, 3.63) is 129 Å². The second kappa shape index (κ2) is 12.0. The van der Waals surface area contributed by atoms with Gasteiger partial charge in [0.1, 0.15) is 5.75 Å². The van der Waals surface area contributed by atoms with Crippen LogP contribution in [-0.2, 0) is 0 Å². The van der Waals surface area contributed by atoms with Crippen molar-refractivity contribution >= 4 is 52.9 Å². The van der Waals surface area contributed by atoms with E-state index in [9.17, 15) is 14.4 Å². The van der Waals surface area contributed by atoms with Gasteiger partial charge in [-0.1, -0.05) is 59.6 Å². The first-order valence-electron chi connectivity index (χ1n) is 11.0. The van der Waals surface area contributed by atoms with Crippen LogP contribution in [0.5, 0.6) is 5.75 Å². The number of para-hydroxylation sites is 1. The molecule has 4 aromatic carbocycles. The van der Waals surface area contributed by atoms with Gasteiger partial charge in [-0.3, -0.25) is 9.59 Å². The molecule has 0 unspecified atom stereocenters. The molecule has 184 valence electrons. The van der Waals surface area contributed by atoms with E-state index in [0.29, 0.717) is 27.4 Å². The third-order valence-corrected chi connectivity index (χ3v) is 5.61. The normalized spacial score (nSPS) is 10.6. The molecule has 0 atom stereocenters. The largest absolute Gasteiger partial charge is 0.422 e. The Hall–Kier alpha value is -4.46. The molecule has 0 aliphatic heterocycles. The summed E-state index contributed by atoms with van der Waals surface area (Å²) in [5, 5.41) is 7.30. The van der Waals surface area contributed by atoms with Crippen molar-refractivity contribution in [3.63, 3.8) is 0 Å². The van der Waals surface area contributed by atoms with Crippen molar-refractivity contribution in [3.8, 4) is 5.75 Å². The number of halogens is 2. The topological polar surface area (TPSA) is 96.9 Å². The SMILES string of the molecule is O=C(NN=Cc1ccccc1OC(=O)c1ccc(Cl)cc1Cl)c1cccc(NC(=O)c2ccccc2)c1. The van der Waals surface area contributed by atoms with Gasteiger partial charge in [0.15, 0.2) is 0 Å². The zero-order valence-corrected chi connectivity index (χ0v) is 20.7. The van der Waals surface area contributed by atoms with Crippen molar-refractivity contribution in [2.24, 2.45) is 5.10 Å². The van der Waals surface area contributed by atoms with Gasteiger partial charge in [0.25, 0.3) is 11.8 Å². The highest BCUT2D eigenvalue weighted by Gasteiger charge is 2.15. The Morgan fingerprint density at radius 2 is 1.49 bits per heavy atom. The smallest absolute Gasteiger partial charge is 0.345 e. The molecule has 0 saturated carbocycles. The molecule has 0 radical (unpaired) electrons. The van der Waals surface area contributed by atoms with E-state index >= 15 is 0 Å². The lowest BCUT2D eigenvalue weighted by atomic mass is 10.1. The Morgan fingerprint density at radius 3 is 2.27 bits per heavy atom. The number of nitrogens with one attached hydrogen (secondary N) is 2. The van der Waals surface area contributed by atoms with Crippen molar-refractivity contribution in [2.45, 2.75) is 0 Å². The molecular formula is C28H19Cl2N3O4. The molecule has 0 heterocycles. The van der Waals surface area contributed by atoms with Gasteiger partial charge < -0.3 is 10.1 Å². The van der Waals surface area contributed by atoms with Crippen LogP contribution in [0.2, 0.25) is 10.0 Å². The maximum Gasteiger partial charge on any atom is 0.345 e. The summed E-state index contributed by atoms with van der Waals surface area (Å²) in [5.41, 5.74) is 4.29. The first-order valence-corrected chi connectivity index (χ1v) is 11.7. The van der Waals surface area contributed by atoms with Crippen molar-refractivity contribution in [1.82, 2.24) is 5.43 Å². The van der Waals surface area contributed by atoms with Crippen LogP contribution in [0.25, 0.3) is 0 Å². The zero-order valence-electron chi connectivity index (χ0n) is 19.2. The molecule has 4 aromatic rings. The number of carbonyl (C=O) groups is 3. The second-order valence-corrected chi connectivity index (χ2v) is 8.50. The van der Waals surface area contributed by atoms with Crippen LogP contribution in [0.4, 0.5) is 5.69 Å². The van der Waals surface area contributed by atoms with E-state index in [-0.39, 0.29) is 22.2 Å². The quantitative estimate of drug-likeness (QED) is 0.128. The highest BCUT2D eigenvalue weighted by atomic mass is 35.5. The molecule has 4 rings (SSSR count). The summed E-state index contributed by atoms with van der Waals surface area (Å²) in [6.45, 7) is 0. The van der Waals surface area contributed by atoms with E-state index in [4.69, 9.17) is 27.9 Å². The number of ether oxygens (including phenoxy) is 1. The fourth-order valence-electron chi connectivity index (χ4n) is 3.25. The first-order chi connectivity index (χ1) is 17.9. The van der Waals surface area contributed by atoms with E-state index in [1.807, 2.05) is 6.07 Å². The third kappa shape index (κ3) is 6.82. The molecule has 0 fully saturated rings. The fraction of sp³-hybridized carbons (Fsp3) is 0. The number of amides is 2. The van der Waals surface area contributed by atoms with E-state index in [1.54, 1.807) is 66.7 Å². The predicted octanol–water partition coefficient (Wildman–Crippen LogP) is 6.23. The highest BCUT2D eigenvalue weighted by molar-refractivity contribution is 6.36. The summed E-state index contributed by atoms with van der Waals surface area (Å²) < 4.78 is 5.47. The predicted molar refractivity (Wildman–Crippen MR) is 144 cm³/mol. The number of hydrogen-bond acceptors (Lipinski definition) is 5. The van der Waals surface area contributed by atoms with E-state index in [2.05, 4.69) is 15.8 Å². The Labute approximate surface area is 222 Å². The molecule has 2 amide bonds. The fourth-order valence-corrected chi connectivity index (χ4v) is 3.73. The minimum Gasteiger partial charge on any atom is -0.422 e. The highest BCUT2D eigenvalue weighted by Crippen LogP contribution is 2.24. The number of hydrogen-bond donors (Lipinski definition) is 2.